The highest BCUT2D eigenvalue weighted by Crippen LogP contribution is 2.22. The predicted molar refractivity (Wildman–Crippen MR) is 61.5 cm³/mol. The molecule has 0 aromatic heterocycles. The summed E-state index contributed by atoms with van der Waals surface area (Å²) in [5.74, 6) is 0. The summed E-state index contributed by atoms with van der Waals surface area (Å²) in [7, 11) is 0. The number of hydrogen-bond acceptors (Lipinski definition) is 8. The number of aliphatic hydroxyl groups excluding tert-OH is 4. The quantitative estimate of drug-likeness (QED) is 0.261. The van der Waals surface area contributed by atoms with Crippen LogP contribution < -0.4 is 0 Å². The first-order valence-corrected chi connectivity index (χ1v) is 5.79. The molecule has 0 aromatic rings. The average molecular weight is 272 g/mol. The Morgan fingerprint density at radius 1 is 1.12 bits per heavy atom. The largest absolute Gasteiger partial charge is 0.394 e. The summed E-state index contributed by atoms with van der Waals surface area (Å²) in [5, 5.41) is 37.3. The molecule has 6 nitrogen and oxygen atoms in total. The Morgan fingerprint density at radius 2 is 1.75 bits per heavy atom. The van der Waals surface area contributed by atoms with Crippen molar-refractivity contribution in [1.29, 1.82) is 0 Å². The standard InChI is InChI=1S/C8H16O6S2/c9-1-3-5(10)6(11)7(12)8(14-3)13-2-4(15)16/h3-12,15-16H,1-2H2/t3-,5+,6+,7-,8+/m1/s1. The van der Waals surface area contributed by atoms with Gasteiger partial charge in [-0.3, -0.25) is 0 Å². The molecule has 0 unspecified atom stereocenters. The number of ether oxygens (including phenoxy) is 2. The molecule has 0 radical (unpaired) electrons. The van der Waals surface area contributed by atoms with Gasteiger partial charge in [-0.15, -0.1) is 0 Å². The van der Waals surface area contributed by atoms with Crippen LogP contribution in [0.4, 0.5) is 0 Å². The molecule has 8 heteroatoms. The third-order valence-electron chi connectivity index (χ3n) is 2.26. The summed E-state index contributed by atoms with van der Waals surface area (Å²) < 4.78 is 9.83. The second kappa shape index (κ2) is 6.41. The van der Waals surface area contributed by atoms with Crippen LogP contribution >= 0.6 is 25.3 Å². The predicted octanol–water partition coefficient (Wildman–Crippen LogP) is -2.01. The lowest BCUT2D eigenvalue weighted by Crippen LogP contribution is -2.59. The van der Waals surface area contributed by atoms with Crippen LogP contribution in [0.25, 0.3) is 0 Å². The summed E-state index contributed by atoms with van der Waals surface area (Å²) in [6.07, 6.45) is -6.24. The minimum Gasteiger partial charge on any atom is -0.394 e. The number of thiol groups is 2. The lowest BCUT2D eigenvalue weighted by molar-refractivity contribution is -0.300. The van der Waals surface area contributed by atoms with Gasteiger partial charge in [0.25, 0.3) is 0 Å². The fourth-order valence-corrected chi connectivity index (χ4v) is 1.56. The van der Waals surface area contributed by atoms with Gasteiger partial charge in [0.1, 0.15) is 24.4 Å². The third kappa shape index (κ3) is 3.47. The molecule has 0 amide bonds. The monoisotopic (exact) mass is 272 g/mol. The SMILES string of the molecule is OC[C@H]1O[C@H](OCC(S)S)[C@H](O)[C@@H](O)[C@H]1O. The minimum atomic E-state index is -1.42. The smallest absolute Gasteiger partial charge is 0.186 e. The molecule has 0 aliphatic carbocycles. The van der Waals surface area contributed by atoms with Crippen molar-refractivity contribution in [2.24, 2.45) is 0 Å². The summed E-state index contributed by atoms with van der Waals surface area (Å²) in [6.45, 7) is -0.384. The summed E-state index contributed by atoms with van der Waals surface area (Å²) in [6, 6.07) is 0. The third-order valence-corrected chi connectivity index (χ3v) is 2.56. The van der Waals surface area contributed by atoms with Crippen molar-refractivity contribution < 1.29 is 29.9 Å². The van der Waals surface area contributed by atoms with Gasteiger partial charge in [0.15, 0.2) is 6.29 Å². The normalized spacial score (nSPS) is 40.3. The molecular formula is C8H16O6S2. The van der Waals surface area contributed by atoms with Crippen molar-refractivity contribution in [3.63, 3.8) is 0 Å². The van der Waals surface area contributed by atoms with Gasteiger partial charge in [0, 0.05) is 0 Å². The summed E-state index contributed by atoms with van der Waals surface area (Å²) in [4.78, 5) is 0. The zero-order valence-corrected chi connectivity index (χ0v) is 10.2. The molecule has 1 aliphatic rings. The van der Waals surface area contributed by atoms with Crippen LogP contribution in [0.5, 0.6) is 0 Å². The average Bonchev–Trinajstić information content (AvgIpc) is 2.25. The molecule has 96 valence electrons. The van der Waals surface area contributed by atoms with Crippen LogP contribution in [-0.2, 0) is 9.47 Å². The molecule has 0 saturated carbocycles. The Kier molecular flexibility index (Phi) is 5.82. The molecule has 0 spiro atoms. The maximum Gasteiger partial charge on any atom is 0.186 e. The van der Waals surface area contributed by atoms with E-state index >= 15 is 0 Å². The molecule has 1 heterocycles. The van der Waals surface area contributed by atoms with Gasteiger partial charge in [-0.1, -0.05) is 0 Å². The minimum absolute atomic E-state index is 0.0922. The van der Waals surface area contributed by atoms with E-state index < -0.39 is 37.3 Å². The van der Waals surface area contributed by atoms with Crippen molar-refractivity contribution in [3.05, 3.63) is 0 Å². The van der Waals surface area contributed by atoms with Gasteiger partial charge in [-0.2, -0.15) is 25.3 Å². The molecule has 4 N–H and O–H groups in total. The first kappa shape index (κ1) is 14.5. The Bertz CT molecular complexity index is 215. The molecule has 1 aliphatic heterocycles. The van der Waals surface area contributed by atoms with Crippen molar-refractivity contribution in [3.8, 4) is 0 Å². The number of hydrogen-bond donors (Lipinski definition) is 6. The fourth-order valence-electron chi connectivity index (χ4n) is 1.39. The van der Waals surface area contributed by atoms with Crippen LogP contribution in [0.15, 0.2) is 0 Å². The van der Waals surface area contributed by atoms with Crippen LogP contribution in [0.3, 0.4) is 0 Å². The van der Waals surface area contributed by atoms with Crippen LogP contribution in [0.1, 0.15) is 0 Å². The van der Waals surface area contributed by atoms with Crippen molar-refractivity contribution in [1.82, 2.24) is 0 Å². The second-order valence-electron chi connectivity index (χ2n) is 3.51. The van der Waals surface area contributed by atoms with Gasteiger partial charge >= 0.3 is 0 Å². The first-order valence-electron chi connectivity index (χ1n) is 4.75. The van der Waals surface area contributed by atoms with Gasteiger partial charge < -0.3 is 29.9 Å². The van der Waals surface area contributed by atoms with Crippen molar-refractivity contribution in [2.45, 2.75) is 35.3 Å². The van der Waals surface area contributed by atoms with Crippen LogP contribution in [0, 0.1) is 0 Å². The van der Waals surface area contributed by atoms with E-state index in [-0.39, 0.29) is 11.2 Å². The molecule has 16 heavy (non-hydrogen) atoms. The van der Waals surface area contributed by atoms with E-state index in [2.05, 4.69) is 25.3 Å². The molecule has 0 aromatic carbocycles. The van der Waals surface area contributed by atoms with E-state index in [0.29, 0.717) is 0 Å². The Morgan fingerprint density at radius 3 is 2.25 bits per heavy atom. The number of aliphatic hydroxyl groups is 4. The number of rotatable bonds is 4. The van der Waals surface area contributed by atoms with Gasteiger partial charge in [-0.25, -0.2) is 0 Å². The zero-order chi connectivity index (χ0) is 12.3. The topological polar surface area (TPSA) is 99.4 Å². The Balaban J connectivity index is 2.56. The van der Waals surface area contributed by atoms with Gasteiger partial charge in [-0.05, 0) is 0 Å². The lowest BCUT2D eigenvalue weighted by atomic mass is 9.99. The highest BCUT2D eigenvalue weighted by Gasteiger charge is 2.43. The van der Waals surface area contributed by atoms with E-state index in [1.54, 1.807) is 0 Å². The van der Waals surface area contributed by atoms with Crippen LogP contribution in [0.2, 0.25) is 0 Å². The maximum atomic E-state index is 9.54. The summed E-state index contributed by atoms with van der Waals surface area (Å²) >= 11 is 7.91. The molecule has 1 rings (SSSR count). The highest BCUT2D eigenvalue weighted by molar-refractivity contribution is 7.99. The molecule has 0 bridgehead atoms. The zero-order valence-electron chi connectivity index (χ0n) is 8.38. The van der Waals surface area contributed by atoms with Crippen LogP contribution in [-0.4, -0.2) is 68.9 Å². The molecule has 1 saturated heterocycles. The maximum absolute atomic E-state index is 9.54. The fraction of sp³-hybridized carbons (Fsp3) is 1.00. The van der Waals surface area contributed by atoms with Gasteiger partial charge in [0.2, 0.25) is 0 Å². The van der Waals surface area contributed by atoms with E-state index in [1.165, 1.54) is 0 Å². The van der Waals surface area contributed by atoms with E-state index in [4.69, 9.17) is 14.6 Å². The molecule has 5 atom stereocenters. The van der Waals surface area contributed by atoms with E-state index in [9.17, 15) is 15.3 Å². The highest BCUT2D eigenvalue weighted by atomic mass is 32.2. The first-order chi connectivity index (χ1) is 7.47. The van der Waals surface area contributed by atoms with Crippen molar-refractivity contribution in [2.75, 3.05) is 13.2 Å². The molecule has 1 fully saturated rings. The van der Waals surface area contributed by atoms with E-state index in [1.807, 2.05) is 0 Å². The van der Waals surface area contributed by atoms with Crippen molar-refractivity contribution >= 4 is 25.3 Å². The summed E-state index contributed by atoms with van der Waals surface area (Å²) in [5.41, 5.74) is 0. The molecular weight excluding hydrogens is 256 g/mol. The van der Waals surface area contributed by atoms with E-state index in [0.717, 1.165) is 0 Å². The Labute approximate surface area is 104 Å². The Hall–Kier alpha value is 0.460. The second-order valence-corrected chi connectivity index (χ2v) is 5.17. The van der Waals surface area contributed by atoms with Gasteiger partial charge in [0.05, 0.1) is 17.8 Å². The lowest BCUT2D eigenvalue weighted by Gasteiger charge is -2.39.